The van der Waals surface area contributed by atoms with E-state index in [9.17, 15) is 5.11 Å². The zero-order chi connectivity index (χ0) is 18.5. The van der Waals surface area contributed by atoms with E-state index >= 15 is 0 Å². The standard InChI is InChI=1S/C20H28N6O/c27-18-5-2-10-26(16-18)19-6-8-22-20(23-19)25-11-3-9-24(12-13-25)15-17-4-1-7-21-14-17/h1,4,6-8,14,18,27H,2-3,5,9-13,15-16H2/t18-/m1/s1. The number of nitrogens with zero attached hydrogens (tertiary/aromatic N) is 6. The molecule has 0 spiro atoms. The summed E-state index contributed by atoms with van der Waals surface area (Å²) in [6, 6.07) is 6.08. The fraction of sp³-hybridized carbons (Fsp3) is 0.550. The molecule has 7 heteroatoms. The van der Waals surface area contributed by atoms with Crippen molar-refractivity contribution in [2.24, 2.45) is 0 Å². The van der Waals surface area contributed by atoms with Crippen LogP contribution < -0.4 is 9.80 Å². The van der Waals surface area contributed by atoms with Gasteiger partial charge in [-0.3, -0.25) is 9.88 Å². The Morgan fingerprint density at radius 1 is 1.00 bits per heavy atom. The van der Waals surface area contributed by atoms with Crippen molar-refractivity contribution in [2.75, 3.05) is 49.1 Å². The first-order valence-corrected chi connectivity index (χ1v) is 9.90. The highest BCUT2D eigenvalue weighted by molar-refractivity contribution is 5.44. The van der Waals surface area contributed by atoms with Gasteiger partial charge in [0.25, 0.3) is 0 Å². The summed E-state index contributed by atoms with van der Waals surface area (Å²) in [4.78, 5) is 20.5. The quantitative estimate of drug-likeness (QED) is 0.878. The van der Waals surface area contributed by atoms with Crippen molar-refractivity contribution in [3.63, 3.8) is 0 Å². The minimum absolute atomic E-state index is 0.253. The van der Waals surface area contributed by atoms with E-state index in [4.69, 9.17) is 4.98 Å². The lowest BCUT2D eigenvalue weighted by molar-refractivity contribution is 0.154. The summed E-state index contributed by atoms with van der Waals surface area (Å²) < 4.78 is 0. The molecule has 1 atom stereocenters. The Balaban J connectivity index is 1.39. The molecular formula is C20H28N6O. The third-order valence-corrected chi connectivity index (χ3v) is 5.35. The van der Waals surface area contributed by atoms with Gasteiger partial charge in [0.2, 0.25) is 5.95 Å². The molecule has 0 radical (unpaired) electrons. The number of β-amino-alcohol motifs (C(OH)–C–C–N with tert-alkyl or cyclic N) is 1. The van der Waals surface area contributed by atoms with Crippen molar-refractivity contribution < 1.29 is 5.11 Å². The molecule has 2 aromatic rings. The smallest absolute Gasteiger partial charge is 0.227 e. The van der Waals surface area contributed by atoms with Crippen molar-refractivity contribution in [3.05, 3.63) is 42.4 Å². The SMILES string of the molecule is O[C@@H]1CCCN(c2ccnc(N3CCCN(Cc4cccnc4)CC3)n2)C1. The van der Waals surface area contributed by atoms with Crippen LogP contribution in [0.4, 0.5) is 11.8 Å². The predicted molar refractivity (Wildman–Crippen MR) is 106 cm³/mol. The molecule has 0 saturated carbocycles. The van der Waals surface area contributed by atoms with Gasteiger partial charge < -0.3 is 14.9 Å². The van der Waals surface area contributed by atoms with Crippen LogP contribution in [0.25, 0.3) is 0 Å². The minimum Gasteiger partial charge on any atom is -0.391 e. The van der Waals surface area contributed by atoms with Gasteiger partial charge in [0, 0.05) is 64.4 Å². The van der Waals surface area contributed by atoms with E-state index < -0.39 is 0 Å². The number of aliphatic hydroxyl groups excluding tert-OH is 1. The van der Waals surface area contributed by atoms with Crippen molar-refractivity contribution >= 4 is 11.8 Å². The van der Waals surface area contributed by atoms with Crippen LogP contribution in [-0.4, -0.2) is 70.3 Å². The average Bonchev–Trinajstić information content (AvgIpc) is 2.95. The van der Waals surface area contributed by atoms with Gasteiger partial charge in [-0.2, -0.15) is 4.98 Å². The van der Waals surface area contributed by atoms with Crippen LogP contribution in [0.15, 0.2) is 36.8 Å². The normalized spacial score (nSPS) is 21.9. The van der Waals surface area contributed by atoms with Gasteiger partial charge in [-0.15, -0.1) is 0 Å². The van der Waals surface area contributed by atoms with E-state index in [2.05, 4.69) is 30.7 Å². The summed E-state index contributed by atoms with van der Waals surface area (Å²) in [6.07, 6.45) is 8.34. The maximum Gasteiger partial charge on any atom is 0.227 e. The summed E-state index contributed by atoms with van der Waals surface area (Å²) in [7, 11) is 0. The Hall–Kier alpha value is -2.25. The maximum absolute atomic E-state index is 9.94. The molecule has 2 aromatic heterocycles. The summed E-state index contributed by atoms with van der Waals surface area (Å²) in [5.74, 6) is 1.73. The fourth-order valence-electron chi connectivity index (χ4n) is 3.91. The number of hydrogen-bond donors (Lipinski definition) is 1. The molecule has 7 nitrogen and oxygen atoms in total. The van der Waals surface area contributed by atoms with Crippen molar-refractivity contribution in [2.45, 2.75) is 31.9 Å². The molecule has 0 amide bonds. The summed E-state index contributed by atoms with van der Waals surface area (Å²) in [6.45, 7) is 6.51. The van der Waals surface area contributed by atoms with Crippen molar-refractivity contribution in [1.29, 1.82) is 0 Å². The van der Waals surface area contributed by atoms with Crippen LogP contribution in [0.3, 0.4) is 0 Å². The highest BCUT2D eigenvalue weighted by Crippen LogP contribution is 2.20. The highest BCUT2D eigenvalue weighted by Gasteiger charge is 2.21. The van der Waals surface area contributed by atoms with Crippen LogP contribution in [0.1, 0.15) is 24.8 Å². The van der Waals surface area contributed by atoms with Gasteiger partial charge in [-0.05, 0) is 37.0 Å². The number of aromatic nitrogens is 3. The number of piperidine rings is 1. The van der Waals surface area contributed by atoms with E-state index in [0.717, 1.165) is 70.3 Å². The third-order valence-electron chi connectivity index (χ3n) is 5.35. The van der Waals surface area contributed by atoms with E-state index in [1.165, 1.54) is 5.56 Å². The topological polar surface area (TPSA) is 68.6 Å². The van der Waals surface area contributed by atoms with Crippen molar-refractivity contribution in [3.8, 4) is 0 Å². The van der Waals surface area contributed by atoms with Gasteiger partial charge in [0.15, 0.2) is 0 Å². The second kappa shape index (κ2) is 8.63. The molecule has 4 heterocycles. The van der Waals surface area contributed by atoms with Gasteiger partial charge >= 0.3 is 0 Å². The molecule has 0 bridgehead atoms. The first-order valence-electron chi connectivity index (χ1n) is 9.90. The summed E-state index contributed by atoms with van der Waals surface area (Å²) >= 11 is 0. The number of hydrogen-bond acceptors (Lipinski definition) is 7. The van der Waals surface area contributed by atoms with Crippen LogP contribution in [0, 0.1) is 0 Å². The average molecular weight is 368 g/mol. The van der Waals surface area contributed by atoms with E-state index in [0.29, 0.717) is 6.54 Å². The molecule has 0 unspecified atom stereocenters. The zero-order valence-corrected chi connectivity index (χ0v) is 15.7. The Bertz CT molecular complexity index is 727. The molecule has 2 aliphatic heterocycles. The maximum atomic E-state index is 9.94. The van der Waals surface area contributed by atoms with Crippen LogP contribution >= 0.6 is 0 Å². The second-order valence-corrected chi connectivity index (χ2v) is 7.43. The molecule has 0 aromatic carbocycles. The molecule has 0 aliphatic carbocycles. The summed E-state index contributed by atoms with van der Waals surface area (Å²) in [5, 5.41) is 9.94. The fourth-order valence-corrected chi connectivity index (χ4v) is 3.91. The number of aliphatic hydroxyl groups is 1. The molecule has 2 fully saturated rings. The van der Waals surface area contributed by atoms with Crippen LogP contribution in [0.2, 0.25) is 0 Å². The van der Waals surface area contributed by atoms with Gasteiger partial charge in [-0.25, -0.2) is 4.98 Å². The van der Waals surface area contributed by atoms with E-state index in [1.54, 1.807) is 0 Å². The van der Waals surface area contributed by atoms with Crippen LogP contribution in [-0.2, 0) is 6.54 Å². The number of pyridine rings is 1. The highest BCUT2D eigenvalue weighted by atomic mass is 16.3. The summed E-state index contributed by atoms with van der Waals surface area (Å²) in [5.41, 5.74) is 1.26. The number of rotatable bonds is 4. The molecule has 27 heavy (non-hydrogen) atoms. The second-order valence-electron chi connectivity index (χ2n) is 7.43. The number of anilines is 2. The molecular weight excluding hydrogens is 340 g/mol. The van der Waals surface area contributed by atoms with Gasteiger partial charge in [0.1, 0.15) is 5.82 Å². The monoisotopic (exact) mass is 368 g/mol. The Kier molecular flexibility index (Phi) is 5.79. The Morgan fingerprint density at radius 2 is 1.93 bits per heavy atom. The lowest BCUT2D eigenvalue weighted by atomic mass is 10.1. The lowest BCUT2D eigenvalue weighted by Crippen LogP contribution is -2.39. The van der Waals surface area contributed by atoms with Crippen molar-refractivity contribution in [1.82, 2.24) is 19.9 Å². The first-order chi connectivity index (χ1) is 13.3. The Labute approximate surface area is 160 Å². The Morgan fingerprint density at radius 3 is 2.78 bits per heavy atom. The molecule has 4 rings (SSSR count). The van der Waals surface area contributed by atoms with E-state index in [-0.39, 0.29) is 6.10 Å². The van der Waals surface area contributed by atoms with Gasteiger partial charge in [0.05, 0.1) is 6.10 Å². The van der Waals surface area contributed by atoms with Crippen LogP contribution in [0.5, 0.6) is 0 Å². The zero-order valence-electron chi connectivity index (χ0n) is 15.7. The molecule has 2 saturated heterocycles. The molecule has 144 valence electrons. The third kappa shape index (κ3) is 4.73. The largest absolute Gasteiger partial charge is 0.391 e. The molecule has 1 N–H and O–H groups in total. The van der Waals surface area contributed by atoms with E-state index in [1.807, 2.05) is 30.7 Å². The van der Waals surface area contributed by atoms with Gasteiger partial charge in [-0.1, -0.05) is 6.07 Å². The predicted octanol–water partition coefficient (Wildman–Crippen LogP) is 1.54. The minimum atomic E-state index is -0.253. The first kappa shape index (κ1) is 18.1. The lowest BCUT2D eigenvalue weighted by Gasteiger charge is -2.31. The molecule has 2 aliphatic rings.